The van der Waals surface area contributed by atoms with Crippen LogP contribution in [0.25, 0.3) is 0 Å². The molecule has 14 heavy (non-hydrogen) atoms. The van der Waals surface area contributed by atoms with E-state index in [0.717, 1.165) is 15.8 Å². The Hall–Kier alpha value is -0.800. The van der Waals surface area contributed by atoms with Gasteiger partial charge in [0.2, 0.25) is 0 Å². The fourth-order valence-corrected chi connectivity index (χ4v) is 1.26. The smallest absolute Gasteiger partial charge is 0.124 e. The van der Waals surface area contributed by atoms with Crippen LogP contribution in [0.3, 0.4) is 0 Å². The number of rotatable bonds is 4. The zero-order valence-electron chi connectivity index (χ0n) is 8.16. The van der Waals surface area contributed by atoms with Gasteiger partial charge in [0, 0.05) is 16.1 Å². The summed E-state index contributed by atoms with van der Waals surface area (Å²) < 4.78 is 6.35. The van der Waals surface area contributed by atoms with Gasteiger partial charge in [-0.2, -0.15) is 0 Å². The average molecular weight is 256 g/mol. The number of nitrogens with two attached hydrogens (primary N) is 1. The maximum atomic E-state index is 5.81. The Morgan fingerprint density at radius 1 is 1.57 bits per heavy atom. The molecule has 0 aliphatic carbocycles. The summed E-state index contributed by atoms with van der Waals surface area (Å²) in [4.78, 5) is 0. The van der Waals surface area contributed by atoms with Crippen LogP contribution >= 0.6 is 15.9 Å². The van der Waals surface area contributed by atoms with E-state index in [2.05, 4.69) is 22.5 Å². The van der Waals surface area contributed by atoms with Crippen molar-refractivity contribution in [3.63, 3.8) is 0 Å². The first-order valence-corrected chi connectivity index (χ1v) is 5.21. The Kier molecular flexibility index (Phi) is 4.17. The van der Waals surface area contributed by atoms with Gasteiger partial charge in [0.25, 0.3) is 0 Å². The molecule has 76 valence electrons. The Balaban J connectivity index is 2.79. The van der Waals surface area contributed by atoms with E-state index in [1.54, 1.807) is 0 Å². The highest BCUT2D eigenvalue weighted by atomic mass is 79.9. The molecule has 0 saturated carbocycles. The number of benzene rings is 1. The molecule has 0 spiro atoms. The lowest BCUT2D eigenvalue weighted by atomic mass is 10.1. The second-order valence-electron chi connectivity index (χ2n) is 3.13. The largest absolute Gasteiger partial charge is 0.488 e. The number of para-hydroxylation sites is 1. The molecule has 0 aromatic heterocycles. The zero-order valence-corrected chi connectivity index (χ0v) is 9.75. The van der Waals surface area contributed by atoms with E-state index in [-0.39, 0.29) is 6.04 Å². The number of hydrogen-bond donors (Lipinski definition) is 1. The topological polar surface area (TPSA) is 35.2 Å². The summed E-state index contributed by atoms with van der Waals surface area (Å²) in [6.07, 6.45) is 0. The van der Waals surface area contributed by atoms with Crippen molar-refractivity contribution in [3.05, 3.63) is 40.9 Å². The molecule has 0 heterocycles. The van der Waals surface area contributed by atoms with Crippen LogP contribution in [0.1, 0.15) is 18.5 Å². The minimum atomic E-state index is -0.0187. The monoisotopic (exact) mass is 255 g/mol. The van der Waals surface area contributed by atoms with Crippen molar-refractivity contribution in [2.45, 2.75) is 13.0 Å². The van der Waals surface area contributed by atoms with E-state index < -0.39 is 0 Å². The molecule has 0 bridgehead atoms. The molecule has 2 nitrogen and oxygen atoms in total. The van der Waals surface area contributed by atoms with Crippen LogP contribution in [0.15, 0.2) is 35.3 Å². The highest BCUT2D eigenvalue weighted by molar-refractivity contribution is 9.11. The molecule has 0 amide bonds. The lowest BCUT2D eigenvalue weighted by molar-refractivity contribution is 0.355. The van der Waals surface area contributed by atoms with Crippen molar-refractivity contribution in [1.29, 1.82) is 0 Å². The minimum Gasteiger partial charge on any atom is -0.488 e. The van der Waals surface area contributed by atoms with Crippen molar-refractivity contribution in [1.82, 2.24) is 0 Å². The van der Waals surface area contributed by atoms with Gasteiger partial charge in [-0.1, -0.05) is 40.7 Å². The number of hydrogen-bond acceptors (Lipinski definition) is 2. The third-order valence-electron chi connectivity index (χ3n) is 1.79. The van der Waals surface area contributed by atoms with Crippen LogP contribution in [0, 0.1) is 0 Å². The molecular weight excluding hydrogens is 242 g/mol. The van der Waals surface area contributed by atoms with Gasteiger partial charge in [-0.3, -0.25) is 0 Å². The Morgan fingerprint density at radius 2 is 2.21 bits per heavy atom. The second kappa shape index (κ2) is 5.17. The summed E-state index contributed by atoms with van der Waals surface area (Å²) in [6, 6.07) is 7.74. The predicted molar refractivity (Wildman–Crippen MR) is 62.6 cm³/mol. The molecule has 1 aromatic carbocycles. The molecule has 1 aromatic rings. The van der Waals surface area contributed by atoms with Crippen molar-refractivity contribution in [2.24, 2.45) is 5.73 Å². The summed E-state index contributed by atoms with van der Waals surface area (Å²) in [5, 5.41) is 0. The van der Waals surface area contributed by atoms with Crippen LogP contribution in [0.5, 0.6) is 5.75 Å². The average Bonchev–Trinajstić information content (AvgIpc) is 2.15. The molecule has 3 heteroatoms. The summed E-state index contributed by atoms with van der Waals surface area (Å²) in [7, 11) is 0. The molecule has 2 N–H and O–H groups in total. The Morgan fingerprint density at radius 3 is 2.79 bits per heavy atom. The normalized spacial score (nSPS) is 12.2. The van der Waals surface area contributed by atoms with Gasteiger partial charge in [0.1, 0.15) is 12.4 Å². The van der Waals surface area contributed by atoms with Crippen molar-refractivity contribution in [3.8, 4) is 5.75 Å². The van der Waals surface area contributed by atoms with Crippen LogP contribution in [0.4, 0.5) is 0 Å². The molecular formula is C11H14BrNO. The third kappa shape index (κ3) is 3.16. The van der Waals surface area contributed by atoms with Crippen LogP contribution < -0.4 is 10.5 Å². The molecule has 1 rings (SSSR count). The van der Waals surface area contributed by atoms with E-state index in [1.165, 1.54) is 0 Å². The lowest BCUT2D eigenvalue weighted by Gasteiger charge is -2.13. The fourth-order valence-electron chi connectivity index (χ4n) is 1.14. The van der Waals surface area contributed by atoms with Crippen molar-refractivity contribution in [2.75, 3.05) is 6.61 Å². The third-order valence-corrected chi connectivity index (χ3v) is 2.02. The van der Waals surface area contributed by atoms with E-state index in [0.29, 0.717) is 6.61 Å². The summed E-state index contributed by atoms with van der Waals surface area (Å²) in [5.41, 5.74) is 6.82. The van der Waals surface area contributed by atoms with Crippen LogP contribution in [0.2, 0.25) is 0 Å². The first kappa shape index (κ1) is 11.3. The molecule has 1 atom stereocenters. The molecule has 0 radical (unpaired) electrons. The number of halogens is 1. The molecule has 0 aliphatic rings. The van der Waals surface area contributed by atoms with E-state index in [1.807, 2.05) is 31.2 Å². The van der Waals surface area contributed by atoms with Gasteiger partial charge in [-0.25, -0.2) is 0 Å². The van der Waals surface area contributed by atoms with Crippen molar-refractivity contribution < 1.29 is 4.74 Å². The SMILES string of the molecule is C=C(Br)COc1ccccc1[C@@H](C)N. The highest BCUT2D eigenvalue weighted by Gasteiger charge is 2.06. The first-order valence-electron chi connectivity index (χ1n) is 4.42. The molecule has 0 aliphatic heterocycles. The van der Waals surface area contributed by atoms with Gasteiger partial charge >= 0.3 is 0 Å². The van der Waals surface area contributed by atoms with Gasteiger partial charge < -0.3 is 10.5 Å². The summed E-state index contributed by atoms with van der Waals surface area (Å²) in [6.45, 7) is 6.10. The Labute approximate surface area is 92.9 Å². The van der Waals surface area contributed by atoms with Gasteiger partial charge in [0.05, 0.1) is 0 Å². The Bertz CT molecular complexity index is 323. The van der Waals surface area contributed by atoms with Gasteiger partial charge in [-0.05, 0) is 13.0 Å². The quantitative estimate of drug-likeness (QED) is 0.898. The summed E-state index contributed by atoms with van der Waals surface area (Å²) in [5.74, 6) is 0.822. The minimum absolute atomic E-state index is 0.0187. The van der Waals surface area contributed by atoms with Gasteiger partial charge in [0.15, 0.2) is 0 Å². The summed E-state index contributed by atoms with van der Waals surface area (Å²) >= 11 is 3.24. The van der Waals surface area contributed by atoms with Crippen LogP contribution in [-0.2, 0) is 0 Å². The van der Waals surface area contributed by atoms with Crippen molar-refractivity contribution >= 4 is 15.9 Å². The maximum Gasteiger partial charge on any atom is 0.124 e. The first-order chi connectivity index (χ1) is 6.61. The zero-order chi connectivity index (χ0) is 10.6. The highest BCUT2D eigenvalue weighted by Crippen LogP contribution is 2.23. The van der Waals surface area contributed by atoms with E-state index in [4.69, 9.17) is 10.5 Å². The molecule has 0 unspecified atom stereocenters. The molecule has 0 saturated heterocycles. The molecule has 0 fully saturated rings. The van der Waals surface area contributed by atoms with Crippen LogP contribution in [-0.4, -0.2) is 6.61 Å². The number of ether oxygens (including phenoxy) is 1. The van der Waals surface area contributed by atoms with E-state index in [9.17, 15) is 0 Å². The predicted octanol–water partition coefficient (Wildman–Crippen LogP) is 2.99. The maximum absolute atomic E-state index is 5.81. The van der Waals surface area contributed by atoms with E-state index >= 15 is 0 Å². The fraction of sp³-hybridized carbons (Fsp3) is 0.273. The lowest BCUT2D eigenvalue weighted by Crippen LogP contribution is -2.08. The van der Waals surface area contributed by atoms with Gasteiger partial charge in [-0.15, -0.1) is 0 Å². The second-order valence-corrected chi connectivity index (χ2v) is 4.25. The standard InChI is InChI=1S/C11H14BrNO/c1-8(12)7-14-11-6-4-3-5-10(11)9(2)13/h3-6,9H,1,7,13H2,2H3/t9-/m1/s1.